The highest BCUT2D eigenvalue weighted by atomic mass is 28.3. The molecule has 4 fully saturated rings. The highest BCUT2D eigenvalue weighted by molar-refractivity contribution is 6.76. The summed E-state index contributed by atoms with van der Waals surface area (Å²) >= 11 is 0. The van der Waals surface area contributed by atoms with Gasteiger partial charge >= 0.3 is 11.9 Å². The number of likely N-dealkylation sites (tertiary alicyclic amines) is 2. The molecule has 13 nitrogen and oxygen atoms in total. The quantitative estimate of drug-likeness (QED) is 0.0495. The predicted molar refractivity (Wildman–Crippen MR) is 311 cm³/mol. The highest BCUT2D eigenvalue weighted by Gasteiger charge is 2.39. The molecule has 4 saturated heterocycles. The van der Waals surface area contributed by atoms with Crippen LogP contribution in [0.2, 0.25) is 19.6 Å². The number of methoxy groups -OCH3 is 2. The van der Waals surface area contributed by atoms with Crippen LogP contribution in [-0.2, 0) is 48.2 Å². The second-order valence-corrected chi connectivity index (χ2v) is 28.1. The molecule has 0 bridgehead atoms. The number of carbonyl (C=O) groups is 2. The third-order valence-electron chi connectivity index (χ3n) is 13.4. The van der Waals surface area contributed by atoms with Gasteiger partial charge in [0.15, 0.2) is 0 Å². The van der Waals surface area contributed by atoms with Crippen LogP contribution in [0.3, 0.4) is 0 Å². The Kier molecular flexibility index (Phi) is 35.0. The second kappa shape index (κ2) is 37.9. The van der Waals surface area contributed by atoms with E-state index in [4.69, 9.17) is 19.3 Å². The van der Waals surface area contributed by atoms with Gasteiger partial charge in [-0.05, 0) is 102 Å². The van der Waals surface area contributed by atoms with Crippen molar-refractivity contribution in [3.63, 3.8) is 0 Å². The van der Waals surface area contributed by atoms with Gasteiger partial charge in [-0.15, -0.1) is 0 Å². The average molecular weight is 1070 g/mol. The third-order valence-corrected chi connectivity index (χ3v) is 14.8. The van der Waals surface area contributed by atoms with Gasteiger partial charge in [-0.1, -0.05) is 137 Å². The molecule has 3 aromatic rings. The van der Waals surface area contributed by atoms with E-state index in [0.29, 0.717) is 36.2 Å². The van der Waals surface area contributed by atoms with Gasteiger partial charge in [0.2, 0.25) is 0 Å². The third kappa shape index (κ3) is 30.7. The van der Waals surface area contributed by atoms with Crippen LogP contribution in [0.5, 0.6) is 0 Å². The maximum atomic E-state index is 11.6. The molecule has 14 heteroatoms. The molecule has 0 amide bonds. The lowest BCUT2D eigenvalue weighted by molar-refractivity contribution is -0.146. The van der Waals surface area contributed by atoms with Gasteiger partial charge in [-0.3, -0.25) is 19.5 Å². The van der Waals surface area contributed by atoms with E-state index in [1.165, 1.54) is 48.9 Å². The van der Waals surface area contributed by atoms with Crippen LogP contribution in [0.1, 0.15) is 91.8 Å². The number of nitrogens with one attached hydrogen (secondary N) is 1. The minimum Gasteiger partial charge on any atom is -0.469 e. The zero-order chi connectivity index (χ0) is 56.5. The van der Waals surface area contributed by atoms with Gasteiger partial charge in [0, 0.05) is 97.7 Å². The summed E-state index contributed by atoms with van der Waals surface area (Å²) in [6.07, 6.45) is 6.78. The van der Waals surface area contributed by atoms with Crippen molar-refractivity contribution < 1.29 is 43.9 Å². The minimum absolute atomic E-state index is 0.0312. The number of esters is 2. The Morgan fingerprint density at radius 3 is 1.56 bits per heavy atom. The zero-order valence-electron chi connectivity index (χ0n) is 49.2. The maximum absolute atomic E-state index is 11.6. The first-order valence-electron chi connectivity index (χ1n) is 27.3. The van der Waals surface area contributed by atoms with Crippen LogP contribution in [0.15, 0.2) is 103 Å². The molecule has 7 rings (SSSR count). The Morgan fingerprint density at radius 1 is 0.720 bits per heavy atom. The first-order valence-corrected chi connectivity index (χ1v) is 31.0. The Balaban J connectivity index is 0.000000463. The van der Waals surface area contributed by atoms with E-state index < -0.39 is 19.3 Å². The summed E-state index contributed by atoms with van der Waals surface area (Å²) in [6.45, 7) is 36.9. The molecule has 0 saturated carbocycles. The number of benzene rings is 3. The summed E-state index contributed by atoms with van der Waals surface area (Å²) in [5.74, 6) is 2.05. The Bertz CT molecular complexity index is 1910. The van der Waals surface area contributed by atoms with Crippen LogP contribution >= 0.6 is 0 Å². The van der Waals surface area contributed by atoms with E-state index in [1.54, 1.807) is 27.0 Å². The highest BCUT2D eigenvalue weighted by Crippen LogP contribution is 2.33. The smallest absolute Gasteiger partial charge is 0.330 e. The summed E-state index contributed by atoms with van der Waals surface area (Å²) in [6, 6.07) is 31.5. The molecule has 426 valence electrons. The van der Waals surface area contributed by atoms with Crippen molar-refractivity contribution in [2.24, 2.45) is 35.5 Å². The van der Waals surface area contributed by atoms with Crippen molar-refractivity contribution >= 4 is 20.0 Å². The number of hydrogen-bond donors (Lipinski definition) is 4. The zero-order valence-corrected chi connectivity index (χ0v) is 50.2. The van der Waals surface area contributed by atoms with Gasteiger partial charge < -0.3 is 39.6 Å². The lowest BCUT2D eigenvalue weighted by Crippen LogP contribution is -2.40. The van der Waals surface area contributed by atoms with Gasteiger partial charge in [0.05, 0.1) is 45.6 Å². The fourth-order valence-electron chi connectivity index (χ4n) is 9.89. The standard InChI is InChI=1S/C15H23NO.C14H19NO2.C13H23NOSi.C8H17NO.C6H10O2.C4H8O.CH4O/c1-12-9-16(11-14(12)15(2,3)17)10-13-7-5-4-6-8-13;1-11-8-15(10-13(11)14(16)17-2)9-12-6-4-3-5-7-12;1-15-11-14(12-16(2,3)4)10-13-8-6-5-7-9-13;1-6-4-9-5-7(6)8(2,3)10;1-3-5-6(7)8-4-2;1-2-4-5-3-1;1-2/h4-8,12,14,17H,9-11H2,1-3H3;3-7,11,13H,8-10H2,1-2H3;5-9H,10-12H2,1-4H3;6-7,9-10H,4-5H2,1-3H3;3,5H,4H2,1-2H3;1-4H2;2H,1H3/b;;;;5-3+;;. The maximum Gasteiger partial charge on any atom is 0.330 e. The molecule has 4 N–H and O–H groups in total. The molecule has 0 spiro atoms. The largest absolute Gasteiger partial charge is 0.469 e. The Morgan fingerprint density at radius 2 is 1.20 bits per heavy atom. The molecule has 6 atom stereocenters. The topological polar surface area (TPSA) is 154 Å². The number of aliphatic hydroxyl groups is 3. The van der Waals surface area contributed by atoms with E-state index in [1.807, 2.05) is 45.9 Å². The molecule has 75 heavy (non-hydrogen) atoms. The lowest BCUT2D eigenvalue weighted by Gasteiger charge is -2.28. The van der Waals surface area contributed by atoms with Crippen LogP contribution in [0, 0.1) is 35.5 Å². The molecule has 4 aliphatic heterocycles. The van der Waals surface area contributed by atoms with Gasteiger partial charge in [-0.2, -0.15) is 0 Å². The molecule has 0 radical (unpaired) electrons. The van der Waals surface area contributed by atoms with E-state index in [2.05, 4.69) is 138 Å². The van der Waals surface area contributed by atoms with Crippen LogP contribution in [0.4, 0.5) is 0 Å². The van der Waals surface area contributed by atoms with Crippen molar-refractivity contribution in [3.05, 3.63) is 120 Å². The SMILES string of the molecule is C/C=C/C(=O)OCC.C1CCOC1.CC1CN(Cc2ccccc2)CC1C(C)(C)O.CC1CNCC1C(C)(C)O.CO.COC(=O)C1CN(Cc2ccccc2)CC1C.COCN(Cc1ccccc1)C[Si](C)(C)C. The molecule has 0 aliphatic carbocycles. The summed E-state index contributed by atoms with van der Waals surface area (Å²) in [5, 5.41) is 30.1. The second-order valence-electron chi connectivity index (χ2n) is 22.6. The monoisotopic (exact) mass is 1060 g/mol. The van der Waals surface area contributed by atoms with E-state index >= 15 is 0 Å². The number of allylic oxidation sites excluding steroid dienone is 1. The van der Waals surface area contributed by atoms with E-state index in [-0.39, 0.29) is 17.9 Å². The average Bonchev–Trinajstić information content (AvgIpc) is 4.21. The van der Waals surface area contributed by atoms with Crippen molar-refractivity contribution in [3.8, 4) is 0 Å². The van der Waals surface area contributed by atoms with E-state index in [9.17, 15) is 19.8 Å². The van der Waals surface area contributed by atoms with Crippen molar-refractivity contribution in [1.82, 2.24) is 20.0 Å². The van der Waals surface area contributed by atoms with Crippen molar-refractivity contribution in [1.29, 1.82) is 0 Å². The summed E-state index contributed by atoms with van der Waals surface area (Å²) < 4.78 is 19.6. The summed E-state index contributed by atoms with van der Waals surface area (Å²) in [5.41, 5.74) is 2.94. The molecule has 3 aromatic carbocycles. The van der Waals surface area contributed by atoms with Crippen molar-refractivity contribution in [2.75, 3.05) is 93.3 Å². The van der Waals surface area contributed by atoms with E-state index in [0.717, 1.165) is 86.0 Å². The molecule has 4 aliphatic rings. The summed E-state index contributed by atoms with van der Waals surface area (Å²) in [7, 11) is 3.17. The van der Waals surface area contributed by atoms with Crippen LogP contribution in [0.25, 0.3) is 0 Å². The fourth-order valence-corrected chi connectivity index (χ4v) is 11.4. The summed E-state index contributed by atoms with van der Waals surface area (Å²) in [4.78, 5) is 29.1. The van der Waals surface area contributed by atoms with Gasteiger partial charge in [-0.25, -0.2) is 4.79 Å². The fraction of sp³-hybridized carbons (Fsp3) is 0.639. The number of rotatable bonds is 15. The van der Waals surface area contributed by atoms with Gasteiger partial charge in [0.1, 0.15) is 0 Å². The minimum atomic E-state index is -1.07. The predicted octanol–water partition coefficient (Wildman–Crippen LogP) is 9.57. The van der Waals surface area contributed by atoms with Crippen LogP contribution < -0.4 is 5.32 Å². The first-order chi connectivity index (χ1) is 35.5. The molecular formula is C61H104N4O9Si. The Hall–Kier alpha value is -3.80. The van der Waals surface area contributed by atoms with Crippen molar-refractivity contribution in [2.45, 2.75) is 126 Å². The first kappa shape index (κ1) is 69.2. The normalized spacial score (nSPS) is 21.5. The van der Waals surface area contributed by atoms with Crippen LogP contribution in [-0.4, -0.2) is 155 Å². The Labute approximate surface area is 456 Å². The molecule has 4 heterocycles. The number of carbonyl (C=O) groups excluding carboxylic acids is 2. The molecule has 0 aromatic heterocycles. The number of nitrogens with zero attached hydrogens (tertiary/aromatic N) is 3. The van der Waals surface area contributed by atoms with Gasteiger partial charge in [0.25, 0.3) is 0 Å². The number of hydrogen-bond acceptors (Lipinski definition) is 13. The molecular weight excluding hydrogens is 961 g/mol. The molecule has 6 unspecified atom stereocenters. The number of aliphatic hydroxyl groups excluding tert-OH is 1. The lowest BCUT2D eigenvalue weighted by atomic mass is 9.84. The number of ether oxygens (including phenoxy) is 4.